The molecule has 3 rings (SSSR count). The third-order valence-corrected chi connectivity index (χ3v) is 4.16. The highest BCUT2D eigenvalue weighted by molar-refractivity contribution is 5.95. The summed E-state index contributed by atoms with van der Waals surface area (Å²) in [6.07, 6.45) is 0.0663. The standard InChI is InChI=1S/C23H25NO3/c1-4-21(27-22-14-7-10-17-9-5-6-13-20(17)22)23(25)24-18-11-8-12-19(15-18)26-16(2)3/h5-16,21H,4H2,1-3H3,(H,24,25)/t21-/m0/s1. The van der Waals surface area contributed by atoms with E-state index in [-0.39, 0.29) is 12.0 Å². The van der Waals surface area contributed by atoms with Crippen molar-refractivity contribution in [3.8, 4) is 11.5 Å². The van der Waals surface area contributed by atoms with Crippen LogP contribution in [0.3, 0.4) is 0 Å². The topological polar surface area (TPSA) is 47.6 Å². The fourth-order valence-electron chi connectivity index (χ4n) is 2.92. The molecule has 0 aliphatic carbocycles. The Morgan fingerprint density at radius 2 is 1.70 bits per heavy atom. The molecule has 140 valence electrons. The Bertz CT molecular complexity index is 915. The molecule has 0 unspecified atom stereocenters. The van der Waals surface area contributed by atoms with E-state index in [0.717, 1.165) is 16.5 Å². The largest absolute Gasteiger partial charge is 0.491 e. The smallest absolute Gasteiger partial charge is 0.265 e. The van der Waals surface area contributed by atoms with Crippen molar-refractivity contribution in [3.63, 3.8) is 0 Å². The first-order valence-corrected chi connectivity index (χ1v) is 9.29. The quantitative estimate of drug-likeness (QED) is 0.609. The number of amides is 1. The molecule has 4 nitrogen and oxygen atoms in total. The summed E-state index contributed by atoms with van der Waals surface area (Å²) in [4.78, 5) is 12.7. The highest BCUT2D eigenvalue weighted by Crippen LogP contribution is 2.27. The fourth-order valence-corrected chi connectivity index (χ4v) is 2.92. The molecule has 0 saturated carbocycles. The summed E-state index contributed by atoms with van der Waals surface area (Å²) in [5.41, 5.74) is 0.693. The van der Waals surface area contributed by atoms with Crippen LogP contribution in [-0.2, 0) is 4.79 Å². The van der Waals surface area contributed by atoms with Gasteiger partial charge in [-0.05, 0) is 43.9 Å². The summed E-state index contributed by atoms with van der Waals surface area (Å²) in [6.45, 7) is 5.88. The van der Waals surface area contributed by atoms with Crippen molar-refractivity contribution in [1.29, 1.82) is 0 Å². The van der Waals surface area contributed by atoms with Gasteiger partial charge >= 0.3 is 0 Å². The van der Waals surface area contributed by atoms with Crippen LogP contribution in [-0.4, -0.2) is 18.1 Å². The summed E-state index contributed by atoms with van der Waals surface area (Å²) in [7, 11) is 0. The molecule has 0 heterocycles. The molecule has 1 amide bonds. The van der Waals surface area contributed by atoms with Crippen molar-refractivity contribution < 1.29 is 14.3 Å². The van der Waals surface area contributed by atoms with E-state index in [9.17, 15) is 4.79 Å². The van der Waals surface area contributed by atoms with E-state index in [1.54, 1.807) is 0 Å². The lowest BCUT2D eigenvalue weighted by molar-refractivity contribution is -0.122. The van der Waals surface area contributed by atoms with Gasteiger partial charge in [0.25, 0.3) is 5.91 Å². The molecule has 0 radical (unpaired) electrons. The van der Waals surface area contributed by atoms with Crippen LogP contribution in [0.5, 0.6) is 11.5 Å². The Morgan fingerprint density at radius 1 is 0.963 bits per heavy atom. The van der Waals surface area contributed by atoms with Crippen LogP contribution in [0, 0.1) is 0 Å². The number of hydrogen-bond donors (Lipinski definition) is 1. The van der Waals surface area contributed by atoms with Gasteiger partial charge in [0.2, 0.25) is 0 Å². The summed E-state index contributed by atoms with van der Waals surface area (Å²) < 4.78 is 11.7. The summed E-state index contributed by atoms with van der Waals surface area (Å²) >= 11 is 0. The summed E-state index contributed by atoms with van der Waals surface area (Å²) in [5, 5.41) is 5.02. The number of benzene rings is 3. The van der Waals surface area contributed by atoms with E-state index in [4.69, 9.17) is 9.47 Å². The van der Waals surface area contributed by atoms with E-state index in [0.29, 0.717) is 17.9 Å². The Kier molecular flexibility index (Phi) is 5.97. The number of carbonyl (C=O) groups excluding carboxylic acids is 1. The summed E-state index contributed by atoms with van der Waals surface area (Å²) in [5.74, 6) is 1.27. The SMILES string of the molecule is CC[C@H](Oc1cccc2ccccc12)C(=O)Nc1cccc(OC(C)C)c1. The second-order valence-electron chi connectivity index (χ2n) is 6.68. The lowest BCUT2D eigenvalue weighted by Crippen LogP contribution is -2.32. The van der Waals surface area contributed by atoms with Gasteiger partial charge in [0, 0.05) is 17.1 Å². The molecule has 1 atom stereocenters. The van der Waals surface area contributed by atoms with Crippen LogP contribution in [0.15, 0.2) is 66.7 Å². The maximum atomic E-state index is 12.7. The van der Waals surface area contributed by atoms with E-state index >= 15 is 0 Å². The van der Waals surface area contributed by atoms with Gasteiger partial charge in [-0.1, -0.05) is 49.4 Å². The number of rotatable bonds is 7. The molecule has 0 aliphatic heterocycles. The second kappa shape index (κ2) is 8.58. The van der Waals surface area contributed by atoms with Crippen LogP contribution in [0.25, 0.3) is 10.8 Å². The van der Waals surface area contributed by atoms with Crippen molar-refractivity contribution in [2.45, 2.75) is 39.4 Å². The number of anilines is 1. The third kappa shape index (κ3) is 4.79. The van der Waals surface area contributed by atoms with Crippen LogP contribution >= 0.6 is 0 Å². The maximum absolute atomic E-state index is 12.7. The van der Waals surface area contributed by atoms with E-state index in [1.165, 1.54) is 0 Å². The van der Waals surface area contributed by atoms with Gasteiger partial charge in [0.15, 0.2) is 6.10 Å². The van der Waals surface area contributed by atoms with Gasteiger partial charge in [0.1, 0.15) is 11.5 Å². The predicted molar refractivity (Wildman–Crippen MR) is 109 cm³/mol. The minimum absolute atomic E-state index is 0.0778. The average molecular weight is 363 g/mol. The Hall–Kier alpha value is -3.01. The molecule has 0 bridgehead atoms. The Balaban J connectivity index is 1.74. The van der Waals surface area contributed by atoms with Crippen LogP contribution in [0.4, 0.5) is 5.69 Å². The zero-order valence-electron chi connectivity index (χ0n) is 15.9. The lowest BCUT2D eigenvalue weighted by Gasteiger charge is -2.19. The molecule has 27 heavy (non-hydrogen) atoms. The van der Waals surface area contributed by atoms with Gasteiger partial charge in [0.05, 0.1) is 6.10 Å². The van der Waals surface area contributed by atoms with Crippen molar-refractivity contribution >= 4 is 22.4 Å². The minimum atomic E-state index is -0.578. The van der Waals surface area contributed by atoms with E-state index in [1.807, 2.05) is 87.5 Å². The third-order valence-electron chi connectivity index (χ3n) is 4.16. The molecular formula is C23H25NO3. The number of nitrogens with one attached hydrogen (secondary N) is 1. The molecule has 0 aliphatic rings. The van der Waals surface area contributed by atoms with Crippen LogP contribution in [0.1, 0.15) is 27.2 Å². The van der Waals surface area contributed by atoms with Crippen molar-refractivity contribution in [1.82, 2.24) is 0 Å². The molecule has 1 N–H and O–H groups in total. The second-order valence-corrected chi connectivity index (χ2v) is 6.68. The lowest BCUT2D eigenvalue weighted by atomic mass is 10.1. The number of ether oxygens (including phenoxy) is 2. The molecule has 3 aromatic carbocycles. The van der Waals surface area contributed by atoms with Crippen molar-refractivity contribution in [2.75, 3.05) is 5.32 Å². The van der Waals surface area contributed by atoms with Crippen molar-refractivity contribution in [3.05, 3.63) is 66.7 Å². The van der Waals surface area contributed by atoms with Gasteiger partial charge in [-0.25, -0.2) is 0 Å². The molecular weight excluding hydrogens is 338 g/mol. The molecule has 0 fully saturated rings. The van der Waals surface area contributed by atoms with Gasteiger partial charge in [-0.3, -0.25) is 4.79 Å². The zero-order chi connectivity index (χ0) is 19.2. The monoisotopic (exact) mass is 363 g/mol. The Labute approximate surface area is 160 Å². The molecule has 0 spiro atoms. The number of fused-ring (bicyclic) bond motifs is 1. The zero-order valence-corrected chi connectivity index (χ0v) is 15.9. The van der Waals surface area contributed by atoms with E-state index in [2.05, 4.69) is 5.32 Å². The highest BCUT2D eigenvalue weighted by atomic mass is 16.5. The average Bonchev–Trinajstić information content (AvgIpc) is 2.65. The molecule has 0 saturated heterocycles. The first-order chi connectivity index (χ1) is 13.1. The minimum Gasteiger partial charge on any atom is -0.491 e. The predicted octanol–water partition coefficient (Wildman–Crippen LogP) is 5.42. The molecule has 0 aromatic heterocycles. The highest BCUT2D eigenvalue weighted by Gasteiger charge is 2.19. The van der Waals surface area contributed by atoms with Gasteiger partial charge in [-0.2, -0.15) is 0 Å². The normalized spacial score (nSPS) is 12.0. The first-order valence-electron chi connectivity index (χ1n) is 9.29. The van der Waals surface area contributed by atoms with E-state index < -0.39 is 6.10 Å². The van der Waals surface area contributed by atoms with Crippen LogP contribution in [0.2, 0.25) is 0 Å². The van der Waals surface area contributed by atoms with Gasteiger partial charge < -0.3 is 14.8 Å². The molecule has 3 aromatic rings. The van der Waals surface area contributed by atoms with Gasteiger partial charge in [-0.15, -0.1) is 0 Å². The molecule has 4 heteroatoms. The summed E-state index contributed by atoms with van der Waals surface area (Å²) in [6, 6.07) is 21.3. The van der Waals surface area contributed by atoms with Crippen LogP contribution < -0.4 is 14.8 Å². The Morgan fingerprint density at radius 3 is 2.48 bits per heavy atom. The van der Waals surface area contributed by atoms with Crippen molar-refractivity contribution in [2.24, 2.45) is 0 Å². The first kappa shape index (κ1) is 18.8. The number of hydrogen-bond acceptors (Lipinski definition) is 3. The fraction of sp³-hybridized carbons (Fsp3) is 0.261. The maximum Gasteiger partial charge on any atom is 0.265 e. The number of carbonyl (C=O) groups is 1.